The van der Waals surface area contributed by atoms with Gasteiger partial charge in [-0.15, -0.1) is 0 Å². The van der Waals surface area contributed by atoms with Crippen LogP contribution in [0.1, 0.15) is 30.9 Å². The van der Waals surface area contributed by atoms with Gasteiger partial charge in [0, 0.05) is 13.2 Å². The van der Waals surface area contributed by atoms with Crippen LogP contribution in [0.25, 0.3) is 0 Å². The standard InChI is InChI=1S/C15H22N2O2/c1-11-5-3-6-13(9-11)10-16-15(18)17-12(2)14-7-4-8-19-14/h3,5-6,9,12,14H,4,7-8,10H2,1-2H3,(H2,16,17,18). The molecule has 2 amide bonds. The molecular formula is C15H22N2O2. The summed E-state index contributed by atoms with van der Waals surface area (Å²) in [6.07, 6.45) is 2.27. The molecule has 0 saturated carbocycles. The van der Waals surface area contributed by atoms with Crippen LogP contribution in [-0.4, -0.2) is 24.8 Å². The summed E-state index contributed by atoms with van der Waals surface area (Å²) in [6, 6.07) is 8.05. The molecule has 104 valence electrons. The largest absolute Gasteiger partial charge is 0.376 e. The molecule has 4 nitrogen and oxygen atoms in total. The predicted molar refractivity (Wildman–Crippen MR) is 75.0 cm³/mol. The highest BCUT2D eigenvalue weighted by Gasteiger charge is 2.23. The number of nitrogens with one attached hydrogen (secondary N) is 2. The molecule has 1 fully saturated rings. The summed E-state index contributed by atoms with van der Waals surface area (Å²) in [5.41, 5.74) is 2.31. The first-order valence-corrected chi connectivity index (χ1v) is 6.86. The van der Waals surface area contributed by atoms with E-state index in [1.54, 1.807) is 0 Å². The van der Waals surface area contributed by atoms with Crippen molar-refractivity contribution >= 4 is 6.03 Å². The highest BCUT2D eigenvalue weighted by atomic mass is 16.5. The topological polar surface area (TPSA) is 50.4 Å². The maximum atomic E-state index is 11.8. The lowest BCUT2D eigenvalue weighted by Crippen LogP contribution is -2.45. The molecule has 1 aliphatic heterocycles. The van der Waals surface area contributed by atoms with E-state index in [0.717, 1.165) is 25.0 Å². The molecule has 1 aliphatic rings. The number of carbonyl (C=O) groups is 1. The van der Waals surface area contributed by atoms with Crippen molar-refractivity contribution in [1.29, 1.82) is 0 Å². The summed E-state index contributed by atoms with van der Waals surface area (Å²) in [7, 11) is 0. The predicted octanol–water partition coefficient (Wildman–Crippen LogP) is 2.36. The molecule has 0 aliphatic carbocycles. The molecule has 1 aromatic rings. The van der Waals surface area contributed by atoms with Gasteiger partial charge in [0.05, 0.1) is 12.1 Å². The lowest BCUT2D eigenvalue weighted by atomic mass is 10.1. The Balaban J connectivity index is 1.75. The van der Waals surface area contributed by atoms with Crippen LogP contribution in [0.5, 0.6) is 0 Å². The Morgan fingerprint density at radius 3 is 3.05 bits per heavy atom. The Hall–Kier alpha value is -1.55. The second kappa shape index (κ2) is 6.57. The average molecular weight is 262 g/mol. The molecule has 19 heavy (non-hydrogen) atoms. The number of urea groups is 1. The Labute approximate surface area is 114 Å². The molecular weight excluding hydrogens is 240 g/mol. The molecule has 1 heterocycles. The summed E-state index contributed by atoms with van der Waals surface area (Å²) in [5, 5.41) is 5.81. The van der Waals surface area contributed by atoms with Crippen molar-refractivity contribution in [3.63, 3.8) is 0 Å². The number of amides is 2. The van der Waals surface area contributed by atoms with Crippen LogP contribution in [0.2, 0.25) is 0 Å². The van der Waals surface area contributed by atoms with Gasteiger partial charge in [-0.3, -0.25) is 0 Å². The summed E-state index contributed by atoms with van der Waals surface area (Å²) < 4.78 is 5.55. The summed E-state index contributed by atoms with van der Waals surface area (Å²) in [6.45, 7) is 5.39. The van der Waals surface area contributed by atoms with Crippen LogP contribution < -0.4 is 10.6 Å². The fourth-order valence-electron chi connectivity index (χ4n) is 2.35. The normalized spacial score (nSPS) is 20.0. The smallest absolute Gasteiger partial charge is 0.315 e. The van der Waals surface area contributed by atoms with Crippen molar-refractivity contribution in [3.05, 3.63) is 35.4 Å². The second-order valence-electron chi connectivity index (χ2n) is 5.16. The summed E-state index contributed by atoms with van der Waals surface area (Å²) in [5.74, 6) is 0. The minimum atomic E-state index is -0.135. The van der Waals surface area contributed by atoms with Gasteiger partial charge < -0.3 is 15.4 Å². The van der Waals surface area contributed by atoms with Crippen LogP contribution in [0, 0.1) is 6.92 Å². The van der Waals surface area contributed by atoms with Crippen molar-refractivity contribution in [2.24, 2.45) is 0 Å². The van der Waals surface area contributed by atoms with Crippen LogP contribution in [-0.2, 0) is 11.3 Å². The van der Waals surface area contributed by atoms with Gasteiger partial charge in [0.1, 0.15) is 0 Å². The van der Waals surface area contributed by atoms with E-state index in [9.17, 15) is 4.79 Å². The van der Waals surface area contributed by atoms with Crippen LogP contribution in [0.4, 0.5) is 4.79 Å². The lowest BCUT2D eigenvalue weighted by Gasteiger charge is -2.20. The molecule has 0 bridgehead atoms. The number of ether oxygens (including phenoxy) is 1. The van der Waals surface area contributed by atoms with E-state index in [0.29, 0.717) is 6.54 Å². The molecule has 2 N–H and O–H groups in total. The third kappa shape index (κ3) is 4.24. The van der Waals surface area contributed by atoms with Gasteiger partial charge in [0.2, 0.25) is 0 Å². The van der Waals surface area contributed by atoms with Crippen molar-refractivity contribution in [3.8, 4) is 0 Å². The van der Waals surface area contributed by atoms with Gasteiger partial charge in [-0.05, 0) is 32.3 Å². The Kier molecular flexibility index (Phi) is 4.80. The van der Waals surface area contributed by atoms with Crippen molar-refractivity contribution in [2.45, 2.75) is 45.4 Å². The summed E-state index contributed by atoms with van der Waals surface area (Å²) in [4.78, 5) is 11.8. The van der Waals surface area contributed by atoms with Crippen LogP contribution in [0.15, 0.2) is 24.3 Å². The van der Waals surface area contributed by atoms with Crippen molar-refractivity contribution < 1.29 is 9.53 Å². The van der Waals surface area contributed by atoms with E-state index < -0.39 is 0 Å². The number of benzene rings is 1. The number of hydrogen-bond acceptors (Lipinski definition) is 2. The second-order valence-corrected chi connectivity index (χ2v) is 5.16. The first-order chi connectivity index (χ1) is 9.15. The SMILES string of the molecule is Cc1cccc(CNC(=O)NC(C)C2CCCO2)c1. The van der Waals surface area contributed by atoms with E-state index in [4.69, 9.17) is 4.74 Å². The quantitative estimate of drug-likeness (QED) is 0.875. The van der Waals surface area contributed by atoms with Crippen LogP contribution >= 0.6 is 0 Å². The van der Waals surface area contributed by atoms with E-state index >= 15 is 0 Å². The molecule has 4 heteroatoms. The van der Waals surface area contributed by atoms with E-state index in [1.165, 1.54) is 5.56 Å². The minimum absolute atomic E-state index is 0.0556. The van der Waals surface area contributed by atoms with E-state index in [2.05, 4.69) is 16.7 Å². The van der Waals surface area contributed by atoms with Crippen molar-refractivity contribution in [2.75, 3.05) is 6.61 Å². The van der Waals surface area contributed by atoms with Gasteiger partial charge in [-0.2, -0.15) is 0 Å². The Bertz CT molecular complexity index is 428. The molecule has 1 aromatic carbocycles. The minimum Gasteiger partial charge on any atom is -0.376 e. The first-order valence-electron chi connectivity index (χ1n) is 6.86. The third-order valence-corrected chi connectivity index (χ3v) is 3.42. The zero-order valence-electron chi connectivity index (χ0n) is 11.6. The lowest BCUT2D eigenvalue weighted by molar-refractivity contribution is 0.0860. The number of rotatable bonds is 4. The molecule has 2 rings (SSSR count). The maximum absolute atomic E-state index is 11.8. The fourth-order valence-corrected chi connectivity index (χ4v) is 2.35. The molecule has 0 aromatic heterocycles. The van der Waals surface area contributed by atoms with Crippen molar-refractivity contribution in [1.82, 2.24) is 10.6 Å². The zero-order valence-corrected chi connectivity index (χ0v) is 11.6. The number of carbonyl (C=O) groups excluding carboxylic acids is 1. The molecule has 1 saturated heterocycles. The van der Waals surface area contributed by atoms with E-state index in [-0.39, 0.29) is 18.2 Å². The monoisotopic (exact) mass is 262 g/mol. The third-order valence-electron chi connectivity index (χ3n) is 3.42. The van der Waals surface area contributed by atoms with Gasteiger partial charge in [-0.1, -0.05) is 29.8 Å². The highest BCUT2D eigenvalue weighted by molar-refractivity contribution is 5.74. The zero-order chi connectivity index (χ0) is 13.7. The number of aryl methyl sites for hydroxylation is 1. The molecule has 0 radical (unpaired) electrons. The van der Waals surface area contributed by atoms with Gasteiger partial charge in [-0.25, -0.2) is 4.79 Å². The molecule has 0 spiro atoms. The number of hydrogen-bond donors (Lipinski definition) is 2. The van der Waals surface area contributed by atoms with Crippen LogP contribution in [0.3, 0.4) is 0 Å². The highest BCUT2D eigenvalue weighted by Crippen LogP contribution is 2.15. The van der Waals surface area contributed by atoms with E-state index in [1.807, 2.05) is 32.0 Å². The van der Waals surface area contributed by atoms with Gasteiger partial charge in [0.25, 0.3) is 0 Å². The van der Waals surface area contributed by atoms with Gasteiger partial charge in [0.15, 0.2) is 0 Å². The Morgan fingerprint density at radius 2 is 2.37 bits per heavy atom. The Morgan fingerprint density at radius 1 is 1.53 bits per heavy atom. The average Bonchev–Trinajstić information content (AvgIpc) is 2.90. The summed E-state index contributed by atoms with van der Waals surface area (Å²) >= 11 is 0. The molecule has 2 unspecified atom stereocenters. The van der Waals surface area contributed by atoms with Gasteiger partial charge >= 0.3 is 6.03 Å². The maximum Gasteiger partial charge on any atom is 0.315 e. The molecule has 2 atom stereocenters. The first kappa shape index (κ1) is 13.9. The fraction of sp³-hybridized carbons (Fsp3) is 0.533.